The lowest BCUT2D eigenvalue weighted by Gasteiger charge is -2.34. The first-order valence-electron chi connectivity index (χ1n) is 10.1. The van der Waals surface area contributed by atoms with E-state index in [1.807, 2.05) is 17.9 Å². The Kier molecular flexibility index (Phi) is 7.36. The van der Waals surface area contributed by atoms with E-state index in [2.05, 4.69) is 25.9 Å². The van der Waals surface area contributed by atoms with Gasteiger partial charge >= 0.3 is 6.03 Å². The highest BCUT2D eigenvalue weighted by molar-refractivity contribution is 5.93. The van der Waals surface area contributed by atoms with Crippen molar-refractivity contribution >= 4 is 35.2 Å². The maximum absolute atomic E-state index is 12.4. The van der Waals surface area contributed by atoms with Gasteiger partial charge in [-0.3, -0.25) is 9.59 Å². The van der Waals surface area contributed by atoms with Crippen molar-refractivity contribution in [1.82, 2.24) is 20.2 Å². The molecule has 0 unspecified atom stereocenters. The number of benzene rings is 1. The van der Waals surface area contributed by atoms with Gasteiger partial charge in [0, 0.05) is 69.8 Å². The first kappa shape index (κ1) is 22.0. The Morgan fingerprint density at radius 1 is 1.03 bits per heavy atom. The van der Waals surface area contributed by atoms with E-state index in [0.717, 1.165) is 5.56 Å². The molecule has 1 saturated heterocycles. The largest absolute Gasteiger partial charge is 0.339 e. The maximum atomic E-state index is 12.4. The quantitative estimate of drug-likeness (QED) is 0.647. The average Bonchev–Trinajstić information content (AvgIpc) is 2.76. The van der Waals surface area contributed by atoms with Crippen molar-refractivity contribution in [3.8, 4) is 0 Å². The summed E-state index contributed by atoms with van der Waals surface area (Å²) < 4.78 is 0. The minimum Gasteiger partial charge on any atom is -0.339 e. The van der Waals surface area contributed by atoms with Crippen molar-refractivity contribution in [2.24, 2.45) is 0 Å². The smallest absolute Gasteiger partial charge is 0.319 e. The molecule has 0 atom stereocenters. The van der Waals surface area contributed by atoms with Crippen LogP contribution in [-0.2, 0) is 9.59 Å². The highest BCUT2D eigenvalue weighted by atomic mass is 16.2. The van der Waals surface area contributed by atoms with Crippen molar-refractivity contribution < 1.29 is 14.4 Å². The number of piperazine rings is 1. The second-order valence-electron chi connectivity index (χ2n) is 7.26. The molecule has 0 bridgehead atoms. The van der Waals surface area contributed by atoms with Crippen molar-refractivity contribution in [2.45, 2.75) is 20.3 Å². The molecule has 0 aliphatic carbocycles. The third kappa shape index (κ3) is 6.39. The molecule has 1 aromatic carbocycles. The van der Waals surface area contributed by atoms with Gasteiger partial charge < -0.3 is 25.8 Å². The zero-order valence-electron chi connectivity index (χ0n) is 17.7. The number of urea groups is 1. The number of aryl methyl sites for hydroxylation is 1. The number of aromatic nitrogens is 2. The van der Waals surface area contributed by atoms with Crippen LogP contribution in [0.2, 0.25) is 0 Å². The van der Waals surface area contributed by atoms with Gasteiger partial charge in [0.25, 0.3) is 0 Å². The van der Waals surface area contributed by atoms with Crippen LogP contribution in [0.15, 0.2) is 36.7 Å². The third-order valence-corrected chi connectivity index (χ3v) is 4.90. The zero-order valence-corrected chi connectivity index (χ0v) is 17.7. The molecule has 3 rings (SSSR count). The Morgan fingerprint density at radius 2 is 1.74 bits per heavy atom. The predicted molar refractivity (Wildman–Crippen MR) is 118 cm³/mol. The molecule has 1 aliphatic rings. The number of hydrogen-bond acceptors (Lipinski definition) is 6. The summed E-state index contributed by atoms with van der Waals surface area (Å²) in [4.78, 5) is 48.1. The molecular weight excluding hydrogens is 398 g/mol. The molecule has 31 heavy (non-hydrogen) atoms. The Hall–Kier alpha value is -3.69. The van der Waals surface area contributed by atoms with Crippen LogP contribution in [0, 0.1) is 6.92 Å². The third-order valence-electron chi connectivity index (χ3n) is 4.90. The van der Waals surface area contributed by atoms with E-state index in [0.29, 0.717) is 43.5 Å². The molecule has 1 fully saturated rings. The first-order valence-corrected chi connectivity index (χ1v) is 10.1. The van der Waals surface area contributed by atoms with Crippen molar-refractivity contribution in [3.05, 3.63) is 42.2 Å². The second-order valence-corrected chi connectivity index (χ2v) is 7.26. The Labute approximate surface area is 181 Å². The molecule has 4 amide bonds. The van der Waals surface area contributed by atoms with E-state index in [9.17, 15) is 14.4 Å². The number of nitrogens with one attached hydrogen (secondary N) is 3. The molecule has 2 heterocycles. The summed E-state index contributed by atoms with van der Waals surface area (Å²) >= 11 is 0. The van der Waals surface area contributed by atoms with Gasteiger partial charge in [-0.15, -0.1) is 0 Å². The van der Waals surface area contributed by atoms with E-state index in [-0.39, 0.29) is 24.8 Å². The lowest BCUT2D eigenvalue weighted by atomic mass is 10.2. The summed E-state index contributed by atoms with van der Waals surface area (Å²) in [6.45, 7) is 6.07. The van der Waals surface area contributed by atoms with E-state index in [4.69, 9.17) is 0 Å². The fourth-order valence-electron chi connectivity index (χ4n) is 3.25. The van der Waals surface area contributed by atoms with Gasteiger partial charge in [-0.05, 0) is 30.7 Å². The maximum Gasteiger partial charge on any atom is 0.319 e. The lowest BCUT2D eigenvalue weighted by molar-refractivity contribution is -0.131. The van der Waals surface area contributed by atoms with Crippen molar-refractivity contribution in [2.75, 3.05) is 48.3 Å². The molecule has 0 radical (unpaired) electrons. The van der Waals surface area contributed by atoms with Crippen LogP contribution in [0.3, 0.4) is 0 Å². The number of amides is 4. The van der Waals surface area contributed by atoms with Crippen LogP contribution < -0.4 is 20.9 Å². The topological polar surface area (TPSA) is 120 Å². The molecule has 0 saturated carbocycles. The molecule has 10 heteroatoms. The van der Waals surface area contributed by atoms with Crippen LogP contribution >= 0.6 is 0 Å². The fourth-order valence-corrected chi connectivity index (χ4v) is 3.25. The number of rotatable bonds is 6. The van der Waals surface area contributed by atoms with Gasteiger partial charge in [0.2, 0.25) is 17.8 Å². The van der Waals surface area contributed by atoms with Gasteiger partial charge in [-0.25, -0.2) is 14.8 Å². The monoisotopic (exact) mass is 425 g/mol. The number of carbonyl (C=O) groups is 3. The van der Waals surface area contributed by atoms with Gasteiger partial charge in [-0.2, -0.15) is 0 Å². The van der Waals surface area contributed by atoms with E-state index < -0.39 is 6.03 Å². The van der Waals surface area contributed by atoms with Gasteiger partial charge in [0.05, 0.1) is 0 Å². The molecule has 0 spiro atoms. The van der Waals surface area contributed by atoms with Crippen LogP contribution in [0.5, 0.6) is 0 Å². The van der Waals surface area contributed by atoms with Crippen LogP contribution in [-0.4, -0.2) is 65.4 Å². The SMILES string of the molecule is CC(=O)Nc1cc(NC(=O)NCCC(=O)N2CCN(c3ncccn3)CC2)ccc1C. The van der Waals surface area contributed by atoms with Gasteiger partial charge in [0.1, 0.15) is 0 Å². The highest BCUT2D eigenvalue weighted by Crippen LogP contribution is 2.20. The fraction of sp³-hybridized carbons (Fsp3) is 0.381. The number of carbonyl (C=O) groups excluding carboxylic acids is 3. The summed E-state index contributed by atoms with van der Waals surface area (Å²) in [6.07, 6.45) is 3.63. The number of nitrogens with zero attached hydrogens (tertiary/aromatic N) is 4. The Balaban J connectivity index is 1.40. The molecule has 3 N–H and O–H groups in total. The van der Waals surface area contributed by atoms with Gasteiger partial charge in [0.15, 0.2) is 0 Å². The summed E-state index contributed by atoms with van der Waals surface area (Å²) in [5.74, 6) is 0.489. The molecule has 2 aromatic rings. The summed E-state index contributed by atoms with van der Waals surface area (Å²) in [5.41, 5.74) is 2.09. The zero-order chi connectivity index (χ0) is 22.2. The van der Waals surface area contributed by atoms with E-state index in [1.165, 1.54) is 6.92 Å². The Bertz CT molecular complexity index is 928. The minimum atomic E-state index is -0.406. The second kappa shape index (κ2) is 10.4. The van der Waals surface area contributed by atoms with Crippen LogP contribution in [0.25, 0.3) is 0 Å². The van der Waals surface area contributed by atoms with Crippen LogP contribution in [0.1, 0.15) is 18.9 Å². The van der Waals surface area contributed by atoms with Crippen molar-refractivity contribution in [3.63, 3.8) is 0 Å². The standard InChI is InChI=1S/C21H27N7O3/c1-15-4-5-17(14-18(15)25-16(2)29)26-21(31)24-9-6-19(30)27-10-12-28(13-11-27)20-22-7-3-8-23-20/h3-5,7-8,14H,6,9-13H2,1-2H3,(H,25,29)(H2,24,26,31). The normalized spacial score (nSPS) is 13.5. The highest BCUT2D eigenvalue weighted by Gasteiger charge is 2.22. The Morgan fingerprint density at radius 3 is 2.42 bits per heavy atom. The predicted octanol–water partition coefficient (Wildman–Crippen LogP) is 1.60. The van der Waals surface area contributed by atoms with E-state index >= 15 is 0 Å². The molecule has 10 nitrogen and oxygen atoms in total. The van der Waals surface area contributed by atoms with Crippen LogP contribution in [0.4, 0.5) is 22.1 Å². The van der Waals surface area contributed by atoms with Crippen molar-refractivity contribution in [1.29, 1.82) is 0 Å². The average molecular weight is 425 g/mol. The van der Waals surface area contributed by atoms with E-state index in [1.54, 1.807) is 35.5 Å². The minimum absolute atomic E-state index is 0.00258. The molecule has 1 aliphatic heterocycles. The molecule has 1 aromatic heterocycles. The number of anilines is 3. The summed E-state index contributed by atoms with van der Waals surface area (Å²) in [5, 5.41) is 8.13. The lowest BCUT2D eigenvalue weighted by Crippen LogP contribution is -2.49. The number of hydrogen-bond donors (Lipinski definition) is 3. The summed E-state index contributed by atoms with van der Waals surface area (Å²) in [7, 11) is 0. The van der Waals surface area contributed by atoms with Gasteiger partial charge in [-0.1, -0.05) is 6.07 Å². The summed E-state index contributed by atoms with van der Waals surface area (Å²) in [6, 6.07) is 6.62. The molecular formula is C21H27N7O3. The first-order chi connectivity index (χ1) is 14.9. The molecule has 164 valence electrons.